The lowest BCUT2D eigenvalue weighted by molar-refractivity contribution is -0.151. The van der Waals surface area contributed by atoms with Gasteiger partial charge in [0.2, 0.25) is 0 Å². The Kier molecular flexibility index (Phi) is 1.44. The van der Waals surface area contributed by atoms with Crippen LogP contribution in [0.5, 0.6) is 0 Å². The maximum absolute atomic E-state index is 11.7. The van der Waals surface area contributed by atoms with Gasteiger partial charge < -0.3 is 5.11 Å². The highest BCUT2D eigenvalue weighted by Gasteiger charge is 2.65. The summed E-state index contributed by atoms with van der Waals surface area (Å²) < 4.78 is 0. The smallest absolute Gasteiger partial charge is 0.140 e. The van der Waals surface area contributed by atoms with Gasteiger partial charge in [-0.2, -0.15) is 0 Å². The fourth-order valence-electron chi connectivity index (χ4n) is 4.06. The summed E-state index contributed by atoms with van der Waals surface area (Å²) in [4.78, 5) is 11.7. The fourth-order valence-corrected chi connectivity index (χ4v) is 4.06. The number of rotatable bonds is 0. The van der Waals surface area contributed by atoms with Crippen LogP contribution in [-0.2, 0) is 4.79 Å². The zero-order valence-electron chi connectivity index (χ0n) is 7.83. The Bertz CT molecular complexity index is 261. The highest BCUT2D eigenvalue weighted by Crippen LogP contribution is 2.63. The Morgan fingerprint density at radius 1 is 1.38 bits per heavy atom. The molecule has 3 rings (SSSR count). The van der Waals surface area contributed by atoms with Crippen molar-refractivity contribution in [2.75, 3.05) is 0 Å². The number of Topliss-reactive ketones (excluding diaryl/α,β-unsaturated/α-hetero) is 1. The highest BCUT2D eigenvalue weighted by molar-refractivity contribution is 5.92. The summed E-state index contributed by atoms with van der Waals surface area (Å²) in [6, 6.07) is 0. The maximum Gasteiger partial charge on any atom is 0.140 e. The predicted molar refractivity (Wildman–Crippen MR) is 48.1 cm³/mol. The summed E-state index contributed by atoms with van der Waals surface area (Å²) >= 11 is 0. The van der Waals surface area contributed by atoms with Gasteiger partial charge >= 0.3 is 0 Å². The summed E-state index contributed by atoms with van der Waals surface area (Å²) in [7, 11) is 0. The van der Waals surface area contributed by atoms with Crippen LogP contribution in [0.4, 0.5) is 0 Å². The second-order valence-electron chi connectivity index (χ2n) is 5.02. The van der Waals surface area contributed by atoms with Crippen LogP contribution in [-0.4, -0.2) is 17.0 Å². The Labute approximate surface area is 78.3 Å². The van der Waals surface area contributed by atoms with Gasteiger partial charge in [0.25, 0.3) is 0 Å². The largest absolute Gasteiger partial charge is 0.393 e. The molecule has 2 nitrogen and oxygen atoms in total. The Morgan fingerprint density at radius 2 is 2.23 bits per heavy atom. The third kappa shape index (κ3) is 0.762. The number of carbonyl (C=O) groups excluding carboxylic acids is 1. The number of hydrogen-bond acceptors (Lipinski definition) is 2. The van der Waals surface area contributed by atoms with Crippen molar-refractivity contribution in [3.8, 4) is 0 Å². The Hall–Kier alpha value is -0.370. The van der Waals surface area contributed by atoms with Crippen molar-refractivity contribution in [2.24, 2.45) is 17.3 Å². The number of aliphatic hydroxyl groups is 1. The predicted octanol–water partition coefficient (Wildman–Crippen LogP) is 1.52. The molecule has 13 heavy (non-hydrogen) atoms. The standard InChI is InChI=1S/C11H16O2/c12-9-5-7-6-10(13)11(7)4-2-1-3-8(9)11/h7-9,12H,1-6H2/t7-,8+,9-,11+/m0/s1. The normalized spacial score (nSPS) is 53.9. The highest BCUT2D eigenvalue weighted by atomic mass is 16.3. The van der Waals surface area contributed by atoms with Crippen molar-refractivity contribution in [3.05, 3.63) is 0 Å². The molecule has 0 aliphatic heterocycles. The molecular formula is C11H16O2. The van der Waals surface area contributed by atoms with Crippen LogP contribution >= 0.6 is 0 Å². The molecule has 0 unspecified atom stereocenters. The number of aliphatic hydroxyl groups excluding tert-OH is 1. The number of ketones is 1. The van der Waals surface area contributed by atoms with E-state index in [-0.39, 0.29) is 11.5 Å². The molecule has 0 heterocycles. The molecule has 0 aromatic carbocycles. The van der Waals surface area contributed by atoms with Gasteiger partial charge in [0, 0.05) is 11.8 Å². The average Bonchev–Trinajstić information content (AvgIpc) is 2.38. The molecule has 2 heteroatoms. The van der Waals surface area contributed by atoms with E-state index in [9.17, 15) is 9.90 Å². The second kappa shape index (κ2) is 2.35. The molecule has 1 spiro atoms. The van der Waals surface area contributed by atoms with E-state index in [2.05, 4.69) is 0 Å². The van der Waals surface area contributed by atoms with E-state index in [1.807, 2.05) is 0 Å². The minimum absolute atomic E-state index is 0.0301. The molecular weight excluding hydrogens is 164 g/mol. The molecule has 0 saturated heterocycles. The van der Waals surface area contributed by atoms with Crippen LogP contribution in [0.1, 0.15) is 38.5 Å². The molecule has 0 radical (unpaired) electrons. The van der Waals surface area contributed by atoms with Crippen molar-refractivity contribution in [3.63, 3.8) is 0 Å². The molecule has 0 bridgehead atoms. The van der Waals surface area contributed by atoms with E-state index in [4.69, 9.17) is 0 Å². The molecule has 72 valence electrons. The molecule has 3 saturated carbocycles. The van der Waals surface area contributed by atoms with Crippen LogP contribution in [0.3, 0.4) is 0 Å². The fraction of sp³-hybridized carbons (Fsp3) is 0.909. The van der Waals surface area contributed by atoms with E-state index < -0.39 is 0 Å². The minimum atomic E-state index is -0.170. The van der Waals surface area contributed by atoms with Gasteiger partial charge in [0.15, 0.2) is 0 Å². The topological polar surface area (TPSA) is 37.3 Å². The first-order valence-corrected chi connectivity index (χ1v) is 5.46. The van der Waals surface area contributed by atoms with Crippen molar-refractivity contribution in [2.45, 2.75) is 44.6 Å². The van der Waals surface area contributed by atoms with Crippen LogP contribution in [0, 0.1) is 17.3 Å². The lowest BCUT2D eigenvalue weighted by Gasteiger charge is -2.49. The molecule has 3 aliphatic rings. The first-order valence-electron chi connectivity index (χ1n) is 5.46. The van der Waals surface area contributed by atoms with Crippen molar-refractivity contribution in [1.29, 1.82) is 0 Å². The van der Waals surface area contributed by atoms with E-state index in [1.165, 1.54) is 12.8 Å². The third-order valence-electron chi connectivity index (χ3n) is 4.69. The van der Waals surface area contributed by atoms with Gasteiger partial charge in [-0.05, 0) is 31.1 Å². The monoisotopic (exact) mass is 180 g/mol. The summed E-state index contributed by atoms with van der Waals surface area (Å²) in [5.74, 6) is 1.33. The van der Waals surface area contributed by atoms with Crippen LogP contribution in [0.15, 0.2) is 0 Å². The third-order valence-corrected chi connectivity index (χ3v) is 4.69. The van der Waals surface area contributed by atoms with E-state index in [0.717, 1.165) is 25.7 Å². The van der Waals surface area contributed by atoms with Gasteiger partial charge in [-0.3, -0.25) is 4.79 Å². The van der Waals surface area contributed by atoms with Crippen molar-refractivity contribution >= 4 is 5.78 Å². The average molecular weight is 180 g/mol. The molecule has 1 N–H and O–H groups in total. The molecule has 4 atom stereocenters. The first kappa shape index (κ1) is 7.98. The lowest BCUT2D eigenvalue weighted by Crippen LogP contribution is -2.52. The second-order valence-corrected chi connectivity index (χ2v) is 5.02. The lowest BCUT2D eigenvalue weighted by atomic mass is 9.52. The summed E-state index contributed by atoms with van der Waals surface area (Å²) in [5.41, 5.74) is -0.0301. The number of hydrogen-bond donors (Lipinski definition) is 1. The van der Waals surface area contributed by atoms with Gasteiger partial charge in [-0.15, -0.1) is 0 Å². The maximum atomic E-state index is 11.7. The Morgan fingerprint density at radius 3 is 2.92 bits per heavy atom. The van der Waals surface area contributed by atoms with E-state index >= 15 is 0 Å². The zero-order valence-corrected chi connectivity index (χ0v) is 7.83. The van der Waals surface area contributed by atoms with Gasteiger partial charge in [-0.1, -0.05) is 12.8 Å². The Balaban J connectivity index is 1.98. The summed E-state index contributed by atoms with van der Waals surface area (Å²) in [6.45, 7) is 0. The van der Waals surface area contributed by atoms with Gasteiger partial charge in [0.1, 0.15) is 5.78 Å². The van der Waals surface area contributed by atoms with E-state index in [0.29, 0.717) is 17.6 Å². The van der Waals surface area contributed by atoms with Gasteiger partial charge in [0.05, 0.1) is 6.10 Å². The molecule has 0 aromatic rings. The van der Waals surface area contributed by atoms with Crippen molar-refractivity contribution < 1.29 is 9.90 Å². The van der Waals surface area contributed by atoms with Crippen LogP contribution in [0.25, 0.3) is 0 Å². The summed E-state index contributed by atoms with van der Waals surface area (Å²) in [6.07, 6.45) is 6.05. The zero-order chi connectivity index (χ0) is 9.05. The van der Waals surface area contributed by atoms with Crippen LogP contribution < -0.4 is 0 Å². The minimum Gasteiger partial charge on any atom is -0.393 e. The van der Waals surface area contributed by atoms with Gasteiger partial charge in [-0.25, -0.2) is 0 Å². The van der Waals surface area contributed by atoms with Crippen molar-refractivity contribution in [1.82, 2.24) is 0 Å². The quantitative estimate of drug-likeness (QED) is 0.613. The van der Waals surface area contributed by atoms with Crippen LogP contribution in [0.2, 0.25) is 0 Å². The summed E-state index contributed by atoms with van der Waals surface area (Å²) in [5, 5.41) is 9.87. The molecule has 3 fully saturated rings. The number of carbonyl (C=O) groups is 1. The first-order chi connectivity index (χ1) is 6.25. The van der Waals surface area contributed by atoms with E-state index in [1.54, 1.807) is 0 Å². The molecule has 0 amide bonds. The molecule has 3 aliphatic carbocycles. The SMILES string of the molecule is O=C1C[C@@H]2C[C@H](O)[C@H]3CCCC[C@@]123. The molecule has 0 aromatic heterocycles.